The highest BCUT2D eigenvalue weighted by Crippen LogP contribution is 2.27. The predicted molar refractivity (Wildman–Crippen MR) is 101 cm³/mol. The van der Waals surface area contributed by atoms with Crippen molar-refractivity contribution in [2.75, 3.05) is 12.3 Å². The molecule has 0 unspecified atom stereocenters. The van der Waals surface area contributed by atoms with E-state index in [4.69, 9.17) is 10.7 Å². The zero-order valence-electron chi connectivity index (χ0n) is 13.9. The van der Waals surface area contributed by atoms with Gasteiger partial charge in [0.25, 0.3) is 5.91 Å². The fourth-order valence-electron chi connectivity index (χ4n) is 2.82. The minimum absolute atomic E-state index is 0.131. The van der Waals surface area contributed by atoms with Gasteiger partial charge in [0, 0.05) is 22.7 Å². The van der Waals surface area contributed by atoms with Crippen LogP contribution < -0.4 is 11.1 Å². The third kappa shape index (κ3) is 4.83. The smallest absolute Gasteiger partial charge is 0.252 e. The van der Waals surface area contributed by atoms with E-state index >= 15 is 0 Å². The Labute approximate surface area is 155 Å². The molecule has 1 aromatic carbocycles. The molecular formula is C18H21N3O2S2. The first-order valence-electron chi connectivity index (χ1n) is 8.39. The summed E-state index contributed by atoms with van der Waals surface area (Å²) in [6.45, 7) is 0.556. The zero-order valence-corrected chi connectivity index (χ0v) is 15.5. The minimum Gasteiger partial charge on any atom is -0.369 e. The number of thiazole rings is 1. The summed E-state index contributed by atoms with van der Waals surface area (Å²) in [6, 6.07) is 7.26. The van der Waals surface area contributed by atoms with Crippen LogP contribution in [0, 0.1) is 0 Å². The molecule has 0 aliphatic heterocycles. The van der Waals surface area contributed by atoms with Crippen molar-refractivity contribution in [3.8, 4) is 0 Å². The molecule has 1 aromatic heterocycles. The average molecular weight is 376 g/mol. The Balaban J connectivity index is 1.56. The van der Waals surface area contributed by atoms with E-state index in [0.29, 0.717) is 12.1 Å². The van der Waals surface area contributed by atoms with E-state index in [2.05, 4.69) is 5.32 Å². The van der Waals surface area contributed by atoms with E-state index in [9.17, 15) is 9.59 Å². The van der Waals surface area contributed by atoms with Gasteiger partial charge in [-0.15, -0.1) is 23.1 Å². The lowest BCUT2D eigenvalue weighted by Crippen LogP contribution is -2.26. The van der Waals surface area contributed by atoms with Crippen LogP contribution in [-0.2, 0) is 24.1 Å². The Morgan fingerprint density at radius 2 is 2.04 bits per heavy atom. The summed E-state index contributed by atoms with van der Waals surface area (Å²) in [7, 11) is 0. The molecule has 0 fully saturated rings. The number of hydrogen-bond donors (Lipinski definition) is 2. The van der Waals surface area contributed by atoms with Crippen molar-refractivity contribution in [1.29, 1.82) is 0 Å². The summed E-state index contributed by atoms with van der Waals surface area (Å²) >= 11 is 3.07. The van der Waals surface area contributed by atoms with E-state index < -0.39 is 5.91 Å². The van der Waals surface area contributed by atoms with Crippen molar-refractivity contribution in [2.24, 2.45) is 5.73 Å². The number of fused-ring (bicyclic) bond motifs is 1. The molecule has 2 amide bonds. The molecule has 3 N–H and O–H groups in total. The third-order valence-corrected chi connectivity index (χ3v) is 6.33. The number of nitrogens with one attached hydrogen (secondary N) is 1. The lowest BCUT2D eigenvalue weighted by Gasteiger charge is -2.08. The van der Waals surface area contributed by atoms with Gasteiger partial charge >= 0.3 is 0 Å². The number of primary amides is 1. The van der Waals surface area contributed by atoms with Crippen LogP contribution in [0.4, 0.5) is 0 Å². The fraction of sp³-hybridized carbons (Fsp3) is 0.389. The maximum atomic E-state index is 12.4. The number of hydrogen-bond acceptors (Lipinski definition) is 5. The number of thioether (sulfide) groups is 1. The first-order chi connectivity index (χ1) is 12.1. The van der Waals surface area contributed by atoms with Crippen LogP contribution in [-0.4, -0.2) is 29.1 Å². The van der Waals surface area contributed by atoms with Gasteiger partial charge in [0.15, 0.2) is 0 Å². The van der Waals surface area contributed by atoms with Gasteiger partial charge in [-0.25, -0.2) is 4.98 Å². The summed E-state index contributed by atoms with van der Waals surface area (Å²) in [4.78, 5) is 30.3. The molecular weight excluding hydrogens is 354 g/mol. The predicted octanol–water partition coefficient (Wildman–Crippen LogP) is 2.57. The molecule has 3 rings (SSSR count). The quantitative estimate of drug-likeness (QED) is 0.729. The summed E-state index contributed by atoms with van der Waals surface area (Å²) in [5, 5.41) is 4.05. The molecule has 1 heterocycles. The monoisotopic (exact) mass is 375 g/mol. The van der Waals surface area contributed by atoms with Gasteiger partial charge in [-0.05, 0) is 37.8 Å². The molecule has 0 spiro atoms. The second kappa shape index (κ2) is 8.49. The first kappa shape index (κ1) is 17.9. The van der Waals surface area contributed by atoms with Crippen LogP contribution in [0.1, 0.15) is 38.8 Å². The van der Waals surface area contributed by atoms with Crippen LogP contribution in [0.15, 0.2) is 29.2 Å². The maximum Gasteiger partial charge on any atom is 0.252 e. The Morgan fingerprint density at radius 1 is 1.24 bits per heavy atom. The molecule has 5 nitrogen and oxygen atoms in total. The van der Waals surface area contributed by atoms with Crippen LogP contribution in [0.3, 0.4) is 0 Å². The number of carbonyl (C=O) groups excluding carboxylic acids is 2. The Hall–Kier alpha value is -1.86. The molecule has 25 heavy (non-hydrogen) atoms. The number of nitrogens with zero attached hydrogens (tertiary/aromatic N) is 1. The number of aromatic nitrogens is 1. The zero-order chi connectivity index (χ0) is 17.6. The van der Waals surface area contributed by atoms with E-state index in [1.165, 1.54) is 35.2 Å². The molecule has 7 heteroatoms. The van der Waals surface area contributed by atoms with Crippen LogP contribution >= 0.6 is 23.1 Å². The lowest BCUT2D eigenvalue weighted by atomic mass is 10.0. The summed E-state index contributed by atoms with van der Waals surface area (Å²) in [5.74, 6) is -0.364. The van der Waals surface area contributed by atoms with Crippen LogP contribution in [0.2, 0.25) is 0 Å². The average Bonchev–Trinajstić information content (AvgIpc) is 3.02. The normalized spacial score (nSPS) is 13.3. The minimum atomic E-state index is -0.395. The Kier molecular flexibility index (Phi) is 6.09. The SMILES string of the molecule is NC(=O)CSc1ccccc1C(=O)NCCc1nc2c(s1)CCCC2. The largest absolute Gasteiger partial charge is 0.369 e. The second-order valence-corrected chi connectivity index (χ2v) is 8.13. The van der Waals surface area contributed by atoms with Crippen molar-refractivity contribution < 1.29 is 9.59 Å². The second-order valence-electron chi connectivity index (χ2n) is 5.94. The summed E-state index contributed by atoms with van der Waals surface area (Å²) in [6.07, 6.45) is 5.46. The number of rotatable bonds is 7. The summed E-state index contributed by atoms with van der Waals surface area (Å²) in [5.41, 5.74) is 7.02. The maximum absolute atomic E-state index is 12.4. The molecule has 1 aliphatic rings. The number of aryl methyl sites for hydroxylation is 2. The van der Waals surface area contributed by atoms with Gasteiger partial charge in [0.1, 0.15) is 0 Å². The number of amides is 2. The van der Waals surface area contributed by atoms with Gasteiger partial charge in [0.05, 0.1) is 22.0 Å². The van der Waals surface area contributed by atoms with E-state index in [1.54, 1.807) is 17.4 Å². The van der Waals surface area contributed by atoms with Gasteiger partial charge in [-0.2, -0.15) is 0 Å². The molecule has 132 valence electrons. The molecule has 0 atom stereocenters. The Morgan fingerprint density at radius 3 is 2.84 bits per heavy atom. The molecule has 1 aliphatic carbocycles. The van der Waals surface area contributed by atoms with Crippen molar-refractivity contribution in [1.82, 2.24) is 10.3 Å². The number of carbonyl (C=O) groups is 2. The van der Waals surface area contributed by atoms with Crippen molar-refractivity contribution in [3.05, 3.63) is 45.4 Å². The van der Waals surface area contributed by atoms with E-state index in [1.807, 2.05) is 18.2 Å². The van der Waals surface area contributed by atoms with E-state index in [0.717, 1.165) is 29.2 Å². The van der Waals surface area contributed by atoms with Gasteiger partial charge in [-0.1, -0.05) is 12.1 Å². The van der Waals surface area contributed by atoms with E-state index in [-0.39, 0.29) is 11.7 Å². The number of nitrogens with two attached hydrogens (primary N) is 1. The highest BCUT2D eigenvalue weighted by atomic mass is 32.2. The molecule has 0 saturated carbocycles. The molecule has 0 bridgehead atoms. The summed E-state index contributed by atoms with van der Waals surface area (Å²) < 4.78 is 0. The molecule has 0 radical (unpaired) electrons. The third-order valence-electron chi connectivity index (χ3n) is 4.02. The Bertz CT molecular complexity index is 750. The molecule has 2 aromatic rings. The molecule has 0 saturated heterocycles. The van der Waals surface area contributed by atoms with Crippen molar-refractivity contribution in [2.45, 2.75) is 37.0 Å². The topological polar surface area (TPSA) is 85.1 Å². The fourth-order valence-corrected chi connectivity index (χ4v) is 4.76. The lowest BCUT2D eigenvalue weighted by molar-refractivity contribution is -0.115. The highest BCUT2D eigenvalue weighted by molar-refractivity contribution is 8.00. The standard InChI is InChI=1S/C18H21N3O2S2/c19-16(22)11-24-14-7-3-1-5-12(14)18(23)20-10-9-17-21-13-6-2-4-8-15(13)25-17/h1,3,5,7H,2,4,6,8-11H2,(H2,19,22)(H,20,23). The van der Waals surface area contributed by atoms with Crippen LogP contribution in [0.5, 0.6) is 0 Å². The van der Waals surface area contributed by atoms with Gasteiger partial charge in [-0.3, -0.25) is 9.59 Å². The highest BCUT2D eigenvalue weighted by Gasteiger charge is 2.16. The van der Waals surface area contributed by atoms with Crippen molar-refractivity contribution in [3.63, 3.8) is 0 Å². The van der Waals surface area contributed by atoms with Gasteiger partial charge < -0.3 is 11.1 Å². The van der Waals surface area contributed by atoms with Crippen LogP contribution in [0.25, 0.3) is 0 Å². The van der Waals surface area contributed by atoms with Crippen molar-refractivity contribution >= 4 is 34.9 Å². The van der Waals surface area contributed by atoms with Gasteiger partial charge in [0.2, 0.25) is 5.91 Å². The number of benzene rings is 1. The first-order valence-corrected chi connectivity index (χ1v) is 10.2.